The van der Waals surface area contributed by atoms with E-state index in [4.69, 9.17) is 9.47 Å². The number of benzene rings is 4. The van der Waals surface area contributed by atoms with Gasteiger partial charge in [0.15, 0.2) is 5.75 Å². The number of ether oxygens (including phenoxy) is 2. The Balaban J connectivity index is 1.29. The number of hydrogen-bond acceptors (Lipinski definition) is 6. The van der Waals surface area contributed by atoms with Crippen molar-refractivity contribution in [2.24, 2.45) is 0 Å². The molecule has 1 amide bonds. The first-order valence-corrected chi connectivity index (χ1v) is 15.8. The Hall–Kier alpha value is -5.11. The van der Waals surface area contributed by atoms with Gasteiger partial charge in [0.25, 0.3) is 0 Å². The fourth-order valence-corrected chi connectivity index (χ4v) is 4.98. The molecule has 0 spiro atoms. The lowest BCUT2D eigenvalue weighted by Gasteiger charge is -2.23. The Labute approximate surface area is 271 Å². The maximum atomic E-state index is 12.9. The number of unbranched alkanes of at least 4 members (excludes halogenated alkanes) is 2. The molecule has 4 rings (SSSR count). The lowest BCUT2D eigenvalue weighted by Crippen LogP contribution is -2.32. The molecule has 0 aliphatic heterocycles. The maximum Gasteiger partial charge on any atom is 0.343 e. The van der Waals surface area contributed by atoms with Crippen molar-refractivity contribution in [2.45, 2.75) is 58.0 Å². The van der Waals surface area contributed by atoms with Crippen molar-refractivity contribution in [3.8, 4) is 11.5 Å². The fourth-order valence-electron chi connectivity index (χ4n) is 4.98. The number of hydrogen-bond donors (Lipinski definition) is 2. The number of carboxylic acids is 1. The van der Waals surface area contributed by atoms with Crippen LogP contribution in [0.3, 0.4) is 0 Å². The van der Waals surface area contributed by atoms with Crippen LogP contribution in [0.2, 0.25) is 0 Å². The van der Waals surface area contributed by atoms with E-state index in [1.54, 1.807) is 48.5 Å². The highest BCUT2D eigenvalue weighted by atomic mass is 16.5. The molecular formula is C38H42N2O6. The topological polar surface area (TPSA) is 105 Å². The Morgan fingerprint density at radius 3 is 2.15 bits per heavy atom. The lowest BCUT2D eigenvalue weighted by atomic mass is 10.1. The molecule has 8 heteroatoms. The van der Waals surface area contributed by atoms with Crippen LogP contribution < -0.4 is 14.8 Å². The van der Waals surface area contributed by atoms with Crippen LogP contribution in [-0.4, -0.2) is 47.0 Å². The summed E-state index contributed by atoms with van der Waals surface area (Å²) in [6, 6.07) is 31.8. The molecule has 46 heavy (non-hydrogen) atoms. The molecule has 0 bridgehead atoms. The summed E-state index contributed by atoms with van der Waals surface area (Å²) in [5.74, 6) is -0.476. The lowest BCUT2D eigenvalue weighted by molar-refractivity contribution is -0.138. The van der Waals surface area contributed by atoms with Crippen molar-refractivity contribution in [1.82, 2.24) is 4.90 Å². The van der Waals surface area contributed by atoms with E-state index in [0.717, 1.165) is 30.4 Å². The Kier molecular flexibility index (Phi) is 13.2. The largest absolute Gasteiger partial charge is 0.494 e. The normalized spacial score (nSPS) is 11.3. The zero-order valence-electron chi connectivity index (χ0n) is 26.3. The molecule has 2 N–H and O–H groups in total. The number of amides is 1. The molecule has 1 unspecified atom stereocenters. The molecule has 0 heterocycles. The second-order valence-corrected chi connectivity index (χ2v) is 11.1. The summed E-state index contributed by atoms with van der Waals surface area (Å²) in [4.78, 5) is 39.6. The van der Waals surface area contributed by atoms with E-state index in [1.807, 2.05) is 65.6 Å². The van der Waals surface area contributed by atoms with E-state index in [-0.39, 0.29) is 18.1 Å². The quantitative estimate of drug-likeness (QED) is 0.0677. The molecule has 0 aliphatic carbocycles. The van der Waals surface area contributed by atoms with Gasteiger partial charge in [0.2, 0.25) is 5.91 Å². The van der Waals surface area contributed by atoms with Gasteiger partial charge in [0.1, 0.15) is 11.8 Å². The zero-order valence-corrected chi connectivity index (χ0v) is 26.3. The highest BCUT2D eigenvalue weighted by Gasteiger charge is 2.21. The van der Waals surface area contributed by atoms with Gasteiger partial charge in [-0.05, 0) is 60.4 Å². The number of nitrogens with zero attached hydrogens (tertiary/aromatic N) is 1. The first-order chi connectivity index (χ1) is 22.4. The van der Waals surface area contributed by atoms with E-state index >= 15 is 0 Å². The van der Waals surface area contributed by atoms with Gasteiger partial charge in [-0.2, -0.15) is 0 Å². The highest BCUT2D eigenvalue weighted by molar-refractivity contribution is 5.92. The molecular weight excluding hydrogens is 580 g/mol. The van der Waals surface area contributed by atoms with E-state index in [2.05, 4.69) is 12.2 Å². The third-order valence-corrected chi connectivity index (χ3v) is 7.49. The molecule has 1 atom stereocenters. The SMILES string of the molecule is CCCCCC(=O)N(CCCOc1ccc(CC(Nc2ccccc2OC(=O)c2ccccc2)C(=O)O)cc1)Cc1ccccc1. The summed E-state index contributed by atoms with van der Waals surface area (Å²) < 4.78 is 11.5. The van der Waals surface area contributed by atoms with E-state index in [1.165, 1.54) is 0 Å². The Bertz CT molecular complexity index is 1530. The van der Waals surface area contributed by atoms with Gasteiger partial charge in [-0.1, -0.05) is 92.6 Å². The summed E-state index contributed by atoms with van der Waals surface area (Å²) in [5, 5.41) is 13.0. The van der Waals surface area contributed by atoms with Crippen LogP contribution >= 0.6 is 0 Å². The Morgan fingerprint density at radius 2 is 1.46 bits per heavy atom. The number of anilines is 1. The van der Waals surface area contributed by atoms with Gasteiger partial charge < -0.3 is 24.8 Å². The number of carboxylic acid groups (broad SMARTS) is 1. The number of esters is 1. The van der Waals surface area contributed by atoms with Gasteiger partial charge in [0, 0.05) is 25.9 Å². The van der Waals surface area contributed by atoms with Crippen molar-refractivity contribution in [3.63, 3.8) is 0 Å². The van der Waals surface area contributed by atoms with E-state index < -0.39 is 18.0 Å². The number of carbonyl (C=O) groups is 3. The minimum Gasteiger partial charge on any atom is -0.494 e. The minimum absolute atomic E-state index is 0.167. The fraction of sp³-hybridized carbons (Fsp3) is 0.289. The molecule has 8 nitrogen and oxygen atoms in total. The average molecular weight is 623 g/mol. The molecule has 0 saturated carbocycles. The van der Waals surface area contributed by atoms with Gasteiger partial charge >= 0.3 is 11.9 Å². The summed E-state index contributed by atoms with van der Waals surface area (Å²) in [6.07, 6.45) is 4.46. The zero-order chi connectivity index (χ0) is 32.6. The molecule has 0 aromatic heterocycles. The summed E-state index contributed by atoms with van der Waals surface area (Å²) in [6.45, 7) is 3.77. The molecule has 4 aromatic rings. The smallest absolute Gasteiger partial charge is 0.343 e. The van der Waals surface area contributed by atoms with Gasteiger partial charge in [0.05, 0.1) is 17.9 Å². The predicted octanol–water partition coefficient (Wildman–Crippen LogP) is 7.39. The number of carbonyl (C=O) groups excluding carboxylic acids is 2. The monoisotopic (exact) mass is 622 g/mol. The standard InChI is InChI=1S/C38H42N2O6/c1-2-3-6-20-36(41)40(28-30-14-7-4-8-15-30)25-13-26-45-32-23-21-29(22-24-32)27-34(37(42)43)39-33-18-11-12-19-35(33)46-38(44)31-16-9-5-10-17-31/h4-5,7-12,14-19,21-24,34,39H,2-3,6,13,20,25-28H2,1H3,(H,42,43). The summed E-state index contributed by atoms with van der Waals surface area (Å²) in [5.41, 5.74) is 2.71. The third kappa shape index (κ3) is 10.8. The summed E-state index contributed by atoms with van der Waals surface area (Å²) in [7, 11) is 0. The van der Waals surface area contributed by atoms with Gasteiger partial charge in [-0.3, -0.25) is 4.79 Å². The number of rotatable bonds is 18. The highest BCUT2D eigenvalue weighted by Crippen LogP contribution is 2.26. The summed E-state index contributed by atoms with van der Waals surface area (Å²) >= 11 is 0. The minimum atomic E-state index is -1.03. The van der Waals surface area contributed by atoms with E-state index in [9.17, 15) is 19.5 Å². The van der Waals surface area contributed by atoms with Crippen LogP contribution in [0.1, 0.15) is 60.5 Å². The molecule has 240 valence electrons. The van der Waals surface area contributed by atoms with Gasteiger partial charge in [-0.25, -0.2) is 9.59 Å². The van der Waals surface area contributed by atoms with Crippen molar-refractivity contribution in [3.05, 3.63) is 126 Å². The third-order valence-electron chi connectivity index (χ3n) is 7.49. The Morgan fingerprint density at radius 1 is 0.783 bits per heavy atom. The van der Waals surface area contributed by atoms with Crippen molar-refractivity contribution in [2.75, 3.05) is 18.5 Å². The molecule has 0 aliphatic rings. The first-order valence-electron chi connectivity index (χ1n) is 15.8. The van der Waals surface area contributed by atoms with Gasteiger partial charge in [-0.15, -0.1) is 0 Å². The first kappa shape index (κ1) is 33.8. The average Bonchev–Trinajstić information content (AvgIpc) is 3.08. The number of aliphatic carboxylic acids is 1. The number of para-hydroxylation sites is 2. The number of nitrogens with one attached hydrogen (secondary N) is 1. The molecule has 4 aromatic carbocycles. The maximum absolute atomic E-state index is 12.9. The van der Waals surface area contributed by atoms with Crippen LogP contribution in [0.4, 0.5) is 5.69 Å². The van der Waals surface area contributed by atoms with Crippen molar-refractivity contribution in [1.29, 1.82) is 0 Å². The molecule has 0 saturated heterocycles. The van der Waals surface area contributed by atoms with Crippen LogP contribution in [0.25, 0.3) is 0 Å². The van der Waals surface area contributed by atoms with Crippen LogP contribution in [0.15, 0.2) is 109 Å². The van der Waals surface area contributed by atoms with Crippen molar-refractivity contribution < 1.29 is 29.0 Å². The van der Waals surface area contributed by atoms with Crippen LogP contribution in [-0.2, 0) is 22.6 Å². The predicted molar refractivity (Wildman–Crippen MR) is 179 cm³/mol. The second-order valence-electron chi connectivity index (χ2n) is 11.1. The van der Waals surface area contributed by atoms with Crippen molar-refractivity contribution >= 4 is 23.5 Å². The van der Waals surface area contributed by atoms with Crippen LogP contribution in [0.5, 0.6) is 11.5 Å². The second kappa shape index (κ2) is 18.0. The van der Waals surface area contributed by atoms with E-state index in [0.29, 0.717) is 49.5 Å². The molecule has 0 fully saturated rings. The molecule has 0 radical (unpaired) electrons. The van der Waals surface area contributed by atoms with Crippen LogP contribution in [0, 0.1) is 0 Å².